The third kappa shape index (κ3) is 3.93. The van der Waals surface area contributed by atoms with Crippen molar-refractivity contribution in [2.75, 3.05) is 5.32 Å². The lowest BCUT2D eigenvalue weighted by molar-refractivity contribution is -0.111. The highest BCUT2D eigenvalue weighted by Crippen LogP contribution is 2.18. The zero-order valence-electron chi connectivity index (χ0n) is 9.94. The molecule has 2 rings (SSSR count). The molecule has 0 heterocycles. The van der Waals surface area contributed by atoms with E-state index in [4.69, 9.17) is 11.6 Å². The first-order chi connectivity index (χ1) is 9.15. The van der Waals surface area contributed by atoms with Crippen LogP contribution in [-0.2, 0) is 4.79 Å². The maximum atomic E-state index is 13.5. The lowest BCUT2D eigenvalue weighted by Crippen LogP contribution is -2.09. The second-order valence-corrected chi connectivity index (χ2v) is 4.29. The van der Waals surface area contributed by atoms with Crippen LogP contribution >= 0.6 is 11.6 Å². The molecule has 0 fully saturated rings. The Hall–Kier alpha value is -2.13. The van der Waals surface area contributed by atoms with Gasteiger partial charge in [0, 0.05) is 11.1 Å². The number of benzene rings is 2. The Balaban J connectivity index is 2.04. The molecule has 0 saturated carbocycles. The van der Waals surface area contributed by atoms with Gasteiger partial charge in [-0.05, 0) is 29.8 Å². The summed E-state index contributed by atoms with van der Waals surface area (Å²) in [7, 11) is 0. The standard InChI is InChI=1S/C15H11ClFNO/c16-12-7-8-14(13(17)10-12)18-15(19)9-6-11-4-2-1-3-5-11/h1-10H,(H,18,19)/b9-6+. The van der Waals surface area contributed by atoms with Gasteiger partial charge >= 0.3 is 0 Å². The third-order valence-corrected chi connectivity index (χ3v) is 2.65. The molecule has 0 aliphatic carbocycles. The molecule has 19 heavy (non-hydrogen) atoms. The van der Waals surface area contributed by atoms with Gasteiger partial charge in [-0.3, -0.25) is 4.79 Å². The Bertz CT molecular complexity index is 611. The van der Waals surface area contributed by atoms with E-state index in [1.807, 2.05) is 30.3 Å². The molecule has 96 valence electrons. The molecule has 0 saturated heterocycles. The van der Waals surface area contributed by atoms with Crippen LogP contribution in [0.1, 0.15) is 5.56 Å². The first kappa shape index (κ1) is 13.3. The molecule has 2 aromatic carbocycles. The van der Waals surface area contributed by atoms with Crippen LogP contribution in [0.15, 0.2) is 54.6 Å². The fraction of sp³-hybridized carbons (Fsp3) is 0. The highest BCUT2D eigenvalue weighted by molar-refractivity contribution is 6.30. The summed E-state index contributed by atoms with van der Waals surface area (Å²) in [5.41, 5.74) is 1.00. The second kappa shape index (κ2) is 6.16. The molecule has 2 aromatic rings. The van der Waals surface area contributed by atoms with E-state index in [1.165, 1.54) is 18.2 Å². The van der Waals surface area contributed by atoms with E-state index in [-0.39, 0.29) is 10.7 Å². The van der Waals surface area contributed by atoms with E-state index < -0.39 is 11.7 Å². The van der Waals surface area contributed by atoms with Crippen molar-refractivity contribution in [2.24, 2.45) is 0 Å². The monoisotopic (exact) mass is 275 g/mol. The first-order valence-corrected chi connectivity index (χ1v) is 6.02. The van der Waals surface area contributed by atoms with Crippen molar-refractivity contribution < 1.29 is 9.18 Å². The van der Waals surface area contributed by atoms with Gasteiger partial charge in [-0.15, -0.1) is 0 Å². The predicted octanol–water partition coefficient (Wildman–Crippen LogP) is 4.13. The van der Waals surface area contributed by atoms with Gasteiger partial charge in [-0.2, -0.15) is 0 Å². The van der Waals surface area contributed by atoms with Crippen LogP contribution in [0.2, 0.25) is 5.02 Å². The number of amides is 1. The maximum absolute atomic E-state index is 13.5. The summed E-state index contributed by atoms with van der Waals surface area (Å²) in [6, 6.07) is 13.5. The van der Waals surface area contributed by atoms with E-state index in [2.05, 4.69) is 5.32 Å². The van der Waals surface area contributed by atoms with Crippen molar-refractivity contribution in [3.8, 4) is 0 Å². The van der Waals surface area contributed by atoms with Crippen LogP contribution in [0.3, 0.4) is 0 Å². The van der Waals surface area contributed by atoms with Crippen LogP contribution in [0.25, 0.3) is 6.08 Å². The Morgan fingerprint density at radius 2 is 1.89 bits per heavy atom. The van der Waals surface area contributed by atoms with Crippen LogP contribution in [-0.4, -0.2) is 5.91 Å². The van der Waals surface area contributed by atoms with Gasteiger partial charge in [0.05, 0.1) is 5.69 Å². The van der Waals surface area contributed by atoms with Gasteiger partial charge in [-0.25, -0.2) is 4.39 Å². The summed E-state index contributed by atoms with van der Waals surface area (Å²) >= 11 is 5.63. The van der Waals surface area contributed by atoms with Crippen molar-refractivity contribution in [2.45, 2.75) is 0 Å². The number of halogens is 2. The number of rotatable bonds is 3. The summed E-state index contributed by atoms with van der Waals surface area (Å²) in [6.07, 6.45) is 3.01. The number of hydrogen-bond acceptors (Lipinski definition) is 1. The average molecular weight is 276 g/mol. The van der Waals surface area contributed by atoms with Crippen LogP contribution < -0.4 is 5.32 Å². The summed E-state index contributed by atoms with van der Waals surface area (Å²) in [5, 5.41) is 2.74. The number of hydrogen-bond donors (Lipinski definition) is 1. The highest BCUT2D eigenvalue weighted by Gasteiger charge is 2.04. The predicted molar refractivity (Wildman–Crippen MR) is 75.5 cm³/mol. The molecule has 0 bridgehead atoms. The van der Waals surface area contributed by atoms with Gasteiger partial charge in [-0.1, -0.05) is 41.9 Å². The van der Waals surface area contributed by atoms with Crippen LogP contribution in [0, 0.1) is 5.82 Å². The average Bonchev–Trinajstić information content (AvgIpc) is 2.41. The van der Waals surface area contributed by atoms with Crippen molar-refractivity contribution in [3.63, 3.8) is 0 Å². The highest BCUT2D eigenvalue weighted by atomic mass is 35.5. The summed E-state index contributed by atoms with van der Waals surface area (Å²) in [5.74, 6) is -0.959. The van der Waals surface area contributed by atoms with Crippen molar-refractivity contribution >= 4 is 29.3 Å². The Labute approximate surface area is 115 Å². The van der Waals surface area contributed by atoms with Gasteiger partial charge in [0.2, 0.25) is 5.91 Å². The van der Waals surface area contributed by atoms with Gasteiger partial charge < -0.3 is 5.32 Å². The lowest BCUT2D eigenvalue weighted by atomic mass is 10.2. The summed E-state index contributed by atoms with van der Waals surface area (Å²) in [6.45, 7) is 0. The van der Waals surface area contributed by atoms with Crippen molar-refractivity contribution in [1.82, 2.24) is 0 Å². The molecule has 1 amide bonds. The van der Waals surface area contributed by atoms with Crippen molar-refractivity contribution in [3.05, 3.63) is 71.0 Å². The van der Waals surface area contributed by atoms with Crippen LogP contribution in [0.4, 0.5) is 10.1 Å². The maximum Gasteiger partial charge on any atom is 0.248 e. The van der Waals surface area contributed by atoms with Crippen molar-refractivity contribution in [1.29, 1.82) is 0 Å². The van der Waals surface area contributed by atoms with E-state index in [0.717, 1.165) is 11.6 Å². The molecule has 0 unspecified atom stereocenters. The third-order valence-electron chi connectivity index (χ3n) is 2.42. The zero-order chi connectivity index (χ0) is 13.7. The Morgan fingerprint density at radius 3 is 2.58 bits per heavy atom. The fourth-order valence-electron chi connectivity index (χ4n) is 1.50. The SMILES string of the molecule is O=C(/C=C/c1ccccc1)Nc1ccc(Cl)cc1F. The molecule has 0 aliphatic rings. The Morgan fingerprint density at radius 1 is 1.16 bits per heavy atom. The molecule has 0 aliphatic heterocycles. The minimum absolute atomic E-state index is 0.104. The molecular weight excluding hydrogens is 265 g/mol. The van der Waals surface area contributed by atoms with Gasteiger partial charge in [0.15, 0.2) is 0 Å². The topological polar surface area (TPSA) is 29.1 Å². The second-order valence-electron chi connectivity index (χ2n) is 3.86. The Kier molecular flexibility index (Phi) is 4.31. The van der Waals surface area contributed by atoms with E-state index in [1.54, 1.807) is 6.08 Å². The molecule has 0 spiro atoms. The number of carbonyl (C=O) groups excluding carboxylic acids is 1. The largest absolute Gasteiger partial charge is 0.320 e. The molecular formula is C15H11ClFNO. The summed E-state index contributed by atoms with van der Waals surface area (Å²) < 4.78 is 13.5. The van der Waals surface area contributed by atoms with E-state index >= 15 is 0 Å². The van der Waals surface area contributed by atoms with Crippen LogP contribution in [0.5, 0.6) is 0 Å². The molecule has 1 N–H and O–H groups in total. The number of anilines is 1. The lowest BCUT2D eigenvalue weighted by Gasteiger charge is -2.03. The minimum Gasteiger partial charge on any atom is -0.320 e. The normalized spacial score (nSPS) is 10.6. The minimum atomic E-state index is -0.561. The fourth-order valence-corrected chi connectivity index (χ4v) is 1.66. The smallest absolute Gasteiger partial charge is 0.248 e. The first-order valence-electron chi connectivity index (χ1n) is 5.64. The summed E-state index contributed by atoms with van der Waals surface area (Å²) in [4.78, 5) is 11.6. The van der Waals surface area contributed by atoms with E-state index in [0.29, 0.717) is 0 Å². The zero-order valence-corrected chi connectivity index (χ0v) is 10.7. The molecule has 2 nitrogen and oxygen atoms in total. The molecule has 0 atom stereocenters. The van der Waals surface area contributed by atoms with Gasteiger partial charge in [0.1, 0.15) is 5.82 Å². The number of nitrogens with one attached hydrogen (secondary N) is 1. The molecule has 4 heteroatoms. The van der Waals surface area contributed by atoms with E-state index in [9.17, 15) is 9.18 Å². The molecule has 0 aromatic heterocycles. The molecule has 0 radical (unpaired) electrons. The number of carbonyl (C=O) groups is 1. The quantitative estimate of drug-likeness (QED) is 0.839. The van der Waals surface area contributed by atoms with Gasteiger partial charge in [0.25, 0.3) is 0 Å².